The van der Waals surface area contributed by atoms with Crippen LogP contribution in [-0.4, -0.2) is 21.5 Å². The molecule has 2 aromatic heterocycles. The third-order valence-electron chi connectivity index (χ3n) is 3.49. The minimum Gasteiger partial charge on any atom is -0.459 e. The predicted octanol–water partition coefficient (Wildman–Crippen LogP) is 2.18. The first-order chi connectivity index (χ1) is 9.26. The van der Waals surface area contributed by atoms with Crippen LogP contribution in [0.5, 0.6) is 0 Å². The lowest BCUT2D eigenvalue weighted by Crippen LogP contribution is -2.15. The Hall–Kier alpha value is -2.35. The predicted molar refractivity (Wildman–Crippen MR) is 67.3 cm³/mol. The van der Waals surface area contributed by atoms with E-state index in [4.69, 9.17) is 10.00 Å². The molecule has 0 amide bonds. The number of ether oxygens (including phenoxy) is 1. The van der Waals surface area contributed by atoms with Crippen molar-refractivity contribution < 1.29 is 9.53 Å². The fourth-order valence-electron chi connectivity index (χ4n) is 2.43. The van der Waals surface area contributed by atoms with Gasteiger partial charge in [-0.1, -0.05) is 0 Å². The zero-order valence-corrected chi connectivity index (χ0v) is 10.3. The summed E-state index contributed by atoms with van der Waals surface area (Å²) in [6.07, 6.45) is 7.27. The minimum absolute atomic E-state index is 0.0232. The molecule has 0 radical (unpaired) electrons. The van der Waals surface area contributed by atoms with Crippen LogP contribution in [0.3, 0.4) is 0 Å². The molecule has 96 valence electrons. The molecule has 1 aliphatic rings. The number of fused-ring (bicyclic) bond motifs is 1. The van der Waals surface area contributed by atoms with Crippen LogP contribution in [0, 0.1) is 17.2 Å². The quantitative estimate of drug-likeness (QED) is 0.771. The third kappa shape index (κ3) is 2.29. The molecule has 19 heavy (non-hydrogen) atoms. The second-order valence-corrected chi connectivity index (χ2v) is 4.81. The summed E-state index contributed by atoms with van der Waals surface area (Å²) in [7, 11) is 0. The van der Waals surface area contributed by atoms with Crippen LogP contribution in [0.2, 0.25) is 0 Å². The van der Waals surface area contributed by atoms with Crippen LogP contribution >= 0.6 is 0 Å². The molecule has 2 heterocycles. The van der Waals surface area contributed by atoms with Gasteiger partial charge in [0.1, 0.15) is 6.10 Å². The van der Waals surface area contributed by atoms with Crippen LogP contribution in [0.25, 0.3) is 5.52 Å². The van der Waals surface area contributed by atoms with Gasteiger partial charge in [-0.25, -0.2) is 9.78 Å². The highest BCUT2D eigenvalue weighted by Gasteiger charge is 2.27. The van der Waals surface area contributed by atoms with E-state index < -0.39 is 0 Å². The number of carbonyl (C=O) groups is 1. The van der Waals surface area contributed by atoms with Crippen molar-refractivity contribution in [1.29, 1.82) is 5.26 Å². The average molecular weight is 255 g/mol. The molecule has 0 N–H and O–H groups in total. The fraction of sp³-hybridized carbons (Fsp3) is 0.357. The molecule has 5 heteroatoms. The number of rotatable bonds is 2. The largest absolute Gasteiger partial charge is 0.459 e. The van der Waals surface area contributed by atoms with Gasteiger partial charge in [0.15, 0.2) is 0 Å². The Morgan fingerprint density at radius 1 is 1.53 bits per heavy atom. The summed E-state index contributed by atoms with van der Waals surface area (Å²) in [4.78, 5) is 16.0. The maximum Gasteiger partial charge on any atom is 0.338 e. The topological polar surface area (TPSA) is 67.4 Å². The maximum atomic E-state index is 12.0. The summed E-state index contributed by atoms with van der Waals surface area (Å²) in [5.41, 5.74) is 1.38. The number of nitrogens with zero attached hydrogens (tertiary/aromatic N) is 3. The Labute approximate surface area is 110 Å². The van der Waals surface area contributed by atoms with E-state index in [1.54, 1.807) is 30.9 Å². The van der Waals surface area contributed by atoms with Crippen molar-refractivity contribution >= 4 is 11.5 Å². The fourth-order valence-corrected chi connectivity index (χ4v) is 2.43. The molecule has 3 rings (SSSR count). The second-order valence-electron chi connectivity index (χ2n) is 4.81. The van der Waals surface area contributed by atoms with Crippen molar-refractivity contribution in [2.45, 2.75) is 25.4 Å². The van der Waals surface area contributed by atoms with Crippen molar-refractivity contribution in [1.82, 2.24) is 9.38 Å². The number of carbonyl (C=O) groups excluding carboxylic acids is 1. The van der Waals surface area contributed by atoms with E-state index in [2.05, 4.69) is 11.1 Å². The second kappa shape index (κ2) is 4.73. The molecular formula is C14H13N3O2. The van der Waals surface area contributed by atoms with Gasteiger partial charge >= 0.3 is 5.97 Å². The van der Waals surface area contributed by atoms with Crippen molar-refractivity contribution in [3.8, 4) is 6.07 Å². The lowest BCUT2D eigenvalue weighted by atomic mass is 10.1. The molecule has 0 saturated heterocycles. The van der Waals surface area contributed by atoms with E-state index in [-0.39, 0.29) is 18.0 Å². The van der Waals surface area contributed by atoms with E-state index >= 15 is 0 Å². The summed E-state index contributed by atoms with van der Waals surface area (Å²) in [5.74, 6) is -0.303. The van der Waals surface area contributed by atoms with Crippen molar-refractivity contribution in [2.75, 3.05) is 0 Å². The lowest BCUT2D eigenvalue weighted by molar-refractivity contribution is 0.0313. The van der Waals surface area contributed by atoms with E-state index in [1.165, 1.54) is 0 Å². The van der Waals surface area contributed by atoms with Crippen LogP contribution in [0.4, 0.5) is 0 Å². The van der Waals surface area contributed by atoms with E-state index in [0.717, 1.165) is 18.4 Å². The first-order valence-electron chi connectivity index (χ1n) is 6.28. The first-order valence-corrected chi connectivity index (χ1v) is 6.28. The van der Waals surface area contributed by atoms with Gasteiger partial charge in [0, 0.05) is 18.5 Å². The Bertz CT molecular complexity index is 656. The highest BCUT2D eigenvalue weighted by Crippen LogP contribution is 2.27. The van der Waals surface area contributed by atoms with Gasteiger partial charge in [-0.3, -0.25) is 0 Å². The molecule has 0 unspecified atom stereocenters. The molecule has 1 fully saturated rings. The summed E-state index contributed by atoms with van der Waals surface area (Å²) >= 11 is 0. The number of hydrogen-bond donors (Lipinski definition) is 0. The van der Waals surface area contributed by atoms with Crippen LogP contribution in [0.15, 0.2) is 30.9 Å². The zero-order valence-electron chi connectivity index (χ0n) is 10.3. The van der Waals surface area contributed by atoms with E-state index in [0.29, 0.717) is 12.0 Å². The molecule has 0 aliphatic heterocycles. The van der Waals surface area contributed by atoms with Crippen LogP contribution in [0.1, 0.15) is 29.6 Å². The van der Waals surface area contributed by atoms with Crippen molar-refractivity contribution in [3.63, 3.8) is 0 Å². The van der Waals surface area contributed by atoms with Gasteiger partial charge in [0.2, 0.25) is 0 Å². The third-order valence-corrected chi connectivity index (χ3v) is 3.49. The van der Waals surface area contributed by atoms with Gasteiger partial charge in [-0.05, 0) is 25.0 Å². The Morgan fingerprint density at radius 3 is 3.21 bits per heavy atom. The van der Waals surface area contributed by atoms with Crippen LogP contribution < -0.4 is 0 Å². The van der Waals surface area contributed by atoms with E-state index in [9.17, 15) is 4.79 Å². The Kier molecular flexibility index (Phi) is 2.92. The lowest BCUT2D eigenvalue weighted by Gasteiger charge is -2.11. The average Bonchev–Trinajstić information content (AvgIpc) is 3.05. The summed E-state index contributed by atoms with van der Waals surface area (Å²) < 4.78 is 7.27. The van der Waals surface area contributed by atoms with Gasteiger partial charge in [-0.2, -0.15) is 5.26 Å². The highest BCUT2D eigenvalue weighted by atomic mass is 16.5. The molecule has 2 atom stereocenters. The molecule has 2 aromatic rings. The number of pyridine rings is 1. The standard InChI is InChI=1S/C14H13N3O2/c15-7-10-1-2-13(5-10)19-14(18)11-3-4-17-9-16-8-12(17)6-11/h3-4,6,8-10,13H,1-2,5H2/t10-,13+/m1/s1. The molecule has 1 saturated carbocycles. The Morgan fingerprint density at radius 2 is 2.42 bits per heavy atom. The van der Waals surface area contributed by atoms with Gasteiger partial charge in [-0.15, -0.1) is 0 Å². The smallest absolute Gasteiger partial charge is 0.338 e. The maximum absolute atomic E-state index is 12.0. The molecule has 0 aromatic carbocycles. The highest BCUT2D eigenvalue weighted by molar-refractivity contribution is 5.90. The summed E-state index contributed by atoms with van der Waals surface area (Å²) in [5, 5.41) is 8.83. The first kappa shape index (κ1) is 11.7. The number of hydrogen-bond acceptors (Lipinski definition) is 4. The number of nitriles is 1. The zero-order chi connectivity index (χ0) is 13.2. The van der Waals surface area contributed by atoms with E-state index in [1.807, 2.05) is 4.40 Å². The minimum atomic E-state index is -0.327. The Balaban J connectivity index is 1.72. The van der Waals surface area contributed by atoms with Gasteiger partial charge in [0.05, 0.1) is 29.7 Å². The molecule has 0 spiro atoms. The molecule has 0 bridgehead atoms. The summed E-state index contributed by atoms with van der Waals surface area (Å²) in [6, 6.07) is 5.70. The van der Waals surface area contributed by atoms with Gasteiger partial charge in [0.25, 0.3) is 0 Å². The molecule has 5 nitrogen and oxygen atoms in total. The van der Waals surface area contributed by atoms with Crippen LogP contribution in [-0.2, 0) is 4.74 Å². The van der Waals surface area contributed by atoms with Gasteiger partial charge < -0.3 is 9.14 Å². The molecular weight excluding hydrogens is 242 g/mol. The van der Waals surface area contributed by atoms with Crippen molar-refractivity contribution in [2.24, 2.45) is 5.92 Å². The summed E-state index contributed by atoms with van der Waals surface area (Å²) in [6.45, 7) is 0. The normalized spacial score (nSPS) is 22.3. The number of imidazole rings is 1. The molecule has 1 aliphatic carbocycles. The monoisotopic (exact) mass is 255 g/mol. The van der Waals surface area contributed by atoms with Crippen molar-refractivity contribution in [3.05, 3.63) is 36.4 Å². The number of esters is 1. The number of aromatic nitrogens is 2. The SMILES string of the molecule is N#C[C@@H]1CC[C@H](OC(=O)c2ccn3cncc3c2)C1.